The van der Waals surface area contributed by atoms with E-state index in [0.29, 0.717) is 0 Å². The Morgan fingerprint density at radius 1 is 0.926 bits per heavy atom. The van der Waals surface area contributed by atoms with Crippen molar-refractivity contribution < 1.29 is 4.74 Å². The predicted molar refractivity (Wildman–Crippen MR) is 113 cm³/mol. The Kier molecular flexibility index (Phi) is 4.47. The number of rotatable bonds is 4. The molecule has 4 rings (SSSR count). The highest BCUT2D eigenvalue weighted by Crippen LogP contribution is 2.30. The van der Waals surface area contributed by atoms with Crippen LogP contribution in [0.25, 0.3) is 21.8 Å². The van der Waals surface area contributed by atoms with E-state index in [2.05, 4.69) is 42.6 Å². The van der Waals surface area contributed by atoms with Crippen LogP contribution in [-0.2, 0) is 0 Å². The summed E-state index contributed by atoms with van der Waals surface area (Å²) in [5.74, 6) is 0.822. The number of nitrogens with zero attached hydrogens (tertiary/aromatic N) is 2. The summed E-state index contributed by atoms with van der Waals surface area (Å²) in [6.45, 7) is 4.12. The highest BCUT2D eigenvalue weighted by Gasteiger charge is 2.09. The van der Waals surface area contributed by atoms with Crippen LogP contribution >= 0.6 is 0 Å². The molecule has 4 aromatic rings. The fraction of sp³-hybridized carbons (Fsp3) is 0.130. The monoisotopic (exact) mass is 355 g/mol. The zero-order valence-corrected chi connectivity index (χ0v) is 15.7. The van der Waals surface area contributed by atoms with Gasteiger partial charge in [-0.2, -0.15) is 5.10 Å². The number of benzene rings is 3. The van der Waals surface area contributed by atoms with Crippen LogP contribution in [0.4, 0.5) is 5.69 Å². The maximum absolute atomic E-state index is 5.52. The summed E-state index contributed by atoms with van der Waals surface area (Å²) in [7, 11) is 1.68. The van der Waals surface area contributed by atoms with E-state index in [0.717, 1.165) is 44.4 Å². The van der Waals surface area contributed by atoms with E-state index >= 15 is 0 Å². The van der Waals surface area contributed by atoms with Gasteiger partial charge in [-0.25, -0.2) is 4.98 Å². The Labute approximate surface area is 158 Å². The molecule has 1 N–H and O–H groups in total. The Bertz CT molecular complexity index is 1110. The summed E-state index contributed by atoms with van der Waals surface area (Å²) in [6, 6.07) is 20.3. The number of anilines is 1. The molecule has 1 heterocycles. The molecule has 0 saturated carbocycles. The van der Waals surface area contributed by atoms with E-state index in [1.54, 1.807) is 7.11 Å². The summed E-state index contributed by atoms with van der Waals surface area (Å²) in [4.78, 5) is 4.74. The first-order valence-corrected chi connectivity index (χ1v) is 8.89. The van der Waals surface area contributed by atoms with Crippen LogP contribution in [0.15, 0.2) is 65.8 Å². The van der Waals surface area contributed by atoms with Gasteiger partial charge in [-0.1, -0.05) is 42.5 Å². The number of para-hydroxylation sites is 2. The Morgan fingerprint density at radius 2 is 1.56 bits per heavy atom. The molecule has 4 nitrogen and oxygen atoms in total. The predicted octanol–water partition coefficient (Wildman–Crippen LogP) is 5.46. The van der Waals surface area contributed by atoms with Crippen LogP contribution in [0.1, 0.15) is 16.7 Å². The maximum atomic E-state index is 5.52. The number of ether oxygens (including phenoxy) is 1. The lowest BCUT2D eigenvalue weighted by atomic mass is 10.1. The third-order valence-electron chi connectivity index (χ3n) is 4.67. The van der Waals surface area contributed by atoms with Crippen LogP contribution in [0.3, 0.4) is 0 Å². The van der Waals surface area contributed by atoms with Gasteiger partial charge >= 0.3 is 0 Å². The number of hydrogen-bond donors (Lipinski definition) is 1. The van der Waals surface area contributed by atoms with Crippen molar-refractivity contribution in [2.75, 3.05) is 12.5 Å². The van der Waals surface area contributed by atoms with Crippen LogP contribution in [0, 0.1) is 13.8 Å². The lowest BCUT2D eigenvalue weighted by Gasteiger charge is -2.11. The van der Waals surface area contributed by atoms with Crippen molar-refractivity contribution in [2.24, 2.45) is 5.10 Å². The first-order chi connectivity index (χ1) is 13.2. The number of hydrazone groups is 1. The first kappa shape index (κ1) is 17.0. The van der Waals surface area contributed by atoms with Gasteiger partial charge in [-0.15, -0.1) is 0 Å². The van der Waals surface area contributed by atoms with Gasteiger partial charge in [0.2, 0.25) is 0 Å². The minimum absolute atomic E-state index is 0.822. The largest absolute Gasteiger partial charge is 0.496 e. The van der Waals surface area contributed by atoms with Crippen molar-refractivity contribution in [3.05, 3.63) is 77.4 Å². The molecule has 3 aromatic carbocycles. The highest BCUT2D eigenvalue weighted by atomic mass is 16.5. The van der Waals surface area contributed by atoms with Gasteiger partial charge in [0.05, 0.1) is 30.0 Å². The molecule has 27 heavy (non-hydrogen) atoms. The van der Waals surface area contributed by atoms with E-state index in [4.69, 9.17) is 9.72 Å². The summed E-state index contributed by atoms with van der Waals surface area (Å²) in [6.07, 6.45) is 1.82. The SMILES string of the molecule is COc1cc(C)cc(C)c1/C=N/Nc1c2ccccc2nc2ccccc12. The number of methoxy groups -OCH3 is 1. The standard InChI is InChI=1S/C23H21N3O/c1-15-12-16(2)19(22(13-15)27-3)14-24-26-23-17-8-4-6-10-20(17)25-21-11-7-5-9-18(21)23/h4-14H,1-3H3,(H,25,26)/b24-14+. The zero-order valence-electron chi connectivity index (χ0n) is 15.7. The van der Waals surface area contributed by atoms with Crippen molar-refractivity contribution in [3.8, 4) is 5.75 Å². The zero-order chi connectivity index (χ0) is 18.8. The van der Waals surface area contributed by atoms with Gasteiger partial charge in [0.1, 0.15) is 5.75 Å². The van der Waals surface area contributed by atoms with Crippen molar-refractivity contribution in [2.45, 2.75) is 13.8 Å². The van der Waals surface area contributed by atoms with Crippen LogP contribution in [-0.4, -0.2) is 18.3 Å². The third-order valence-corrected chi connectivity index (χ3v) is 4.67. The maximum Gasteiger partial charge on any atom is 0.128 e. The molecule has 0 bridgehead atoms. The van der Waals surface area contributed by atoms with Gasteiger partial charge < -0.3 is 4.74 Å². The molecule has 0 saturated heterocycles. The molecule has 1 aromatic heterocycles. The molecule has 0 spiro atoms. The molecular weight excluding hydrogens is 334 g/mol. The topological polar surface area (TPSA) is 46.5 Å². The normalized spacial score (nSPS) is 11.4. The van der Waals surface area contributed by atoms with Crippen molar-refractivity contribution in [1.29, 1.82) is 0 Å². The molecule has 0 radical (unpaired) electrons. The quantitative estimate of drug-likeness (QED) is 0.300. The lowest BCUT2D eigenvalue weighted by molar-refractivity contribution is 0.413. The van der Waals surface area contributed by atoms with Crippen LogP contribution in [0.5, 0.6) is 5.75 Å². The van der Waals surface area contributed by atoms with Gasteiger partial charge in [0.15, 0.2) is 0 Å². The molecule has 4 heteroatoms. The van der Waals surface area contributed by atoms with Crippen LogP contribution < -0.4 is 10.2 Å². The fourth-order valence-electron chi connectivity index (χ4n) is 3.40. The van der Waals surface area contributed by atoms with E-state index in [-0.39, 0.29) is 0 Å². The molecule has 0 atom stereocenters. The van der Waals surface area contributed by atoms with Gasteiger partial charge in [0, 0.05) is 16.3 Å². The number of nitrogens with one attached hydrogen (secondary N) is 1. The number of hydrogen-bond acceptors (Lipinski definition) is 4. The van der Waals surface area contributed by atoms with Gasteiger partial charge in [-0.05, 0) is 43.2 Å². The molecule has 0 aliphatic carbocycles. The number of aromatic nitrogens is 1. The molecule has 0 amide bonds. The number of aryl methyl sites for hydroxylation is 2. The average molecular weight is 355 g/mol. The molecule has 0 aliphatic heterocycles. The Balaban J connectivity index is 1.79. The second-order valence-electron chi connectivity index (χ2n) is 6.59. The van der Waals surface area contributed by atoms with Gasteiger partial charge in [0.25, 0.3) is 0 Å². The van der Waals surface area contributed by atoms with Crippen molar-refractivity contribution >= 4 is 33.7 Å². The van der Waals surface area contributed by atoms with E-state index < -0.39 is 0 Å². The molecule has 134 valence electrons. The number of fused-ring (bicyclic) bond motifs is 2. The Morgan fingerprint density at radius 3 is 2.19 bits per heavy atom. The van der Waals surface area contributed by atoms with Gasteiger partial charge in [-0.3, -0.25) is 5.43 Å². The molecule has 0 aliphatic rings. The van der Waals surface area contributed by atoms with Crippen molar-refractivity contribution in [3.63, 3.8) is 0 Å². The number of pyridine rings is 1. The minimum Gasteiger partial charge on any atom is -0.496 e. The summed E-state index contributed by atoms with van der Waals surface area (Å²) < 4.78 is 5.52. The third kappa shape index (κ3) is 3.22. The Hall–Kier alpha value is -3.40. The summed E-state index contributed by atoms with van der Waals surface area (Å²) >= 11 is 0. The lowest BCUT2D eigenvalue weighted by Crippen LogP contribution is -1.99. The average Bonchev–Trinajstić information content (AvgIpc) is 2.68. The molecular formula is C23H21N3O. The first-order valence-electron chi connectivity index (χ1n) is 8.89. The summed E-state index contributed by atoms with van der Waals surface area (Å²) in [5, 5.41) is 6.61. The van der Waals surface area contributed by atoms with Crippen molar-refractivity contribution in [1.82, 2.24) is 4.98 Å². The van der Waals surface area contributed by atoms with E-state index in [9.17, 15) is 0 Å². The smallest absolute Gasteiger partial charge is 0.128 e. The molecule has 0 fully saturated rings. The summed E-state index contributed by atoms with van der Waals surface area (Å²) in [5.41, 5.74) is 9.35. The second-order valence-corrected chi connectivity index (χ2v) is 6.59. The van der Waals surface area contributed by atoms with Crippen LogP contribution in [0.2, 0.25) is 0 Å². The molecule has 0 unspecified atom stereocenters. The second kappa shape index (κ2) is 7.08. The van der Waals surface area contributed by atoms with E-state index in [1.165, 1.54) is 5.56 Å². The minimum atomic E-state index is 0.822. The highest BCUT2D eigenvalue weighted by molar-refractivity contribution is 6.07. The van der Waals surface area contributed by atoms with E-state index in [1.807, 2.05) is 48.7 Å². The fourth-order valence-corrected chi connectivity index (χ4v) is 3.40.